The van der Waals surface area contributed by atoms with Crippen LogP contribution in [0.3, 0.4) is 0 Å². The van der Waals surface area contributed by atoms with Crippen molar-refractivity contribution in [1.82, 2.24) is 14.6 Å². The zero-order chi connectivity index (χ0) is 23.0. The molecule has 0 spiro atoms. The van der Waals surface area contributed by atoms with Gasteiger partial charge < -0.3 is 14.8 Å². The van der Waals surface area contributed by atoms with Gasteiger partial charge in [0.05, 0.1) is 6.61 Å². The number of amides is 1. The van der Waals surface area contributed by atoms with E-state index in [0.29, 0.717) is 10.2 Å². The summed E-state index contributed by atoms with van der Waals surface area (Å²) in [5.74, 6) is -1.09. The van der Waals surface area contributed by atoms with E-state index in [1.807, 2.05) is 0 Å². The molecule has 3 aromatic rings. The van der Waals surface area contributed by atoms with E-state index in [9.17, 15) is 26.7 Å². The monoisotopic (exact) mass is 456 g/mol. The first-order valence-corrected chi connectivity index (χ1v) is 9.66. The summed E-state index contributed by atoms with van der Waals surface area (Å²) in [5.41, 5.74) is -0.938. The van der Waals surface area contributed by atoms with Gasteiger partial charge in [-0.25, -0.2) is 9.50 Å². The first-order chi connectivity index (χ1) is 15.2. The zero-order valence-electron chi connectivity index (χ0n) is 16.6. The molecular formula is C20H17F5N4O3. The number of hydrogen-bond acceptors (Lipinski definition) is 5. The lowest BCUT2D eigenvalue weighted by Crippen LogP contribution is -2.16. The predicted molar refractivity (Wildman–Crippen MR) is 102 cm³/mol. The number of aromatic nitrogens is 3. The average Bonchev–Trinajstić information content (AvgIpc) is 3.47. The van der Waals surface area contributed by atoms with E-state index in [0.717, 1.165) is 25.0 Å². The van der Waals surface area contributed by atoms with E-state index >= 15 is 0 Å². The van der Waals surface area contributed by atoms with Gasteiger partial charge in [0.1, 0.15) is 5.69 Å². The van der Waals surface area contributed by atoms with Crippen LogP contribution in [-0.4, -0.2) is 33.7 Å². The molecule has 1 aromatic carbocycles. The molecule has 1 N–H and O–H groups in total. The van der Waals surface area contributed by atoms with Crippen molar-refractivity contribution in [3.05, 3.63) is 47.4 Å². The van der Waals surface area contributed by atoms with Crippen molar-refractivity contribution >= 4 is 17.2 Å². The lowest BCUT2D eigenvalue weighted by atomic mass is 10.2. The van der Waals surface area contributed by atoms with Gasteiger partial charge in [0.2, 0.25) is 0 Å². The van der Waals surface area contributed by atoms with Crippen molar-refractivity contribution in [1.29, 1.82) is 0 Å². The Kier molecular flexibility index (Phi) is 5.61. The molecule has 170 valence electrons. The molecule has 2 heterocycles. The Morgan fingerprint density at radius 1 is 1.22 bits per heavy atom. The van der Waals surface area contributed by atoms with Gasteiger partial charge in [-0.15, -0.1) is 0 Å². The summed E-state index contributed by atoms with van der Waals surface area (Å²) >= 11 is 0. The van der Waals surface area contributed by atoms with E-state index in [-0.39, 0.29) is 41.1 Å². The number of carbonyl (C=O) groups is 1. The molecule has 4 rings (SSSR count). The van der Waals surface area contributed by atoms with Crippen molar-refractivity contribution in [3.8, 4) is 11.5 Å². The van der Waals surface area contributed by atoms with E-state index < -0.39 is 24.4 Å². The number of ether oxygens (including phenoxy) is 2. The summed E-state index contributed by atoms with van der Waals surface area (Å²) in [7, 11) is 0. The van der Waals surface area contributed by atoms with Crippen LogP contribution in [0.15, 0.2) is 30.3 Å². The van der Waals surface area contributed by atoms with Gasteiger partial charge in [-0.2, -0.15) is 27.1 Å². The zero-order valence-corrected chi connectivity index (χ0v) is 16.6. The fraction of sp³-hybridized carbons (Fsp3) is 0.350. The Bertz CT molecular complexity index is 1160. The molecule has 1 saturated carbocycles. The second-order valence-corrected chi connectivity index (χ2v) is 7.07. The highest BCUT2D eigenvalue weighted by atomic mass is 19.4. The van der Waals surface area contributed by atoms with Crippen LogP contribution < -0.4 is 14.8 Å². The Morgan fingerprint density at radius 2 is 1.97 bits per heavy atom. The molecule has 7 nitrogen and oxygen atoms in total. The largest absolute Gasteiger partial charge is 0.490 e. The minimum absolute atomic E-state index is 0.0285. The summed E-state index contributed by atoms with van der Waals surface area (Å²) in [5, 5.41) is 6.24. The van der Waals surface area contributed by atoms with Crippen molar-refractivity contribution < 1.29 is 36.2 Å². The van der Waals surface area contributed by atoms with Gasteiger partial charge >= 0.3 is 12.8 Å². The number of nitrogens with zero attached hydrogens (tertiary/aromatic N) is 3. The molecule has 1 fully saturated rings. The SMILES string of the molecule is CCOc1cc(NC(=O)c2cc3nc(C4CC4)cc(C(F)(F)F)n3n2)ccc1OC(F)F. The minimum atomic E-state index is -4.68. The molecule has 0 aliphatic heterocycles. The van der Waals surface area contributed by atoms with Crippen LogP contribution in [0.25, 0.3) is 5.65 Å². The summed E-state index contributed by atoms with van der Waals surface area (Å²) in [6.45, 7) is -1.28. The van der Waals surface area contributed by atoms with Gasteiger partial charge in [-0.3, -0.25) is 4.79 Å². The van der Waals surface area contributed by atoms with Gasteiger partial charge in [-0.05, 0) is 38.0 Å². The van der Waals surface area contributed by atoms with Crippen LogP contribution in [-0.2, 0) is 6.18 Å². The van der Waals surface area contributed by atoms with E-state index in [1.54, 1.807) is 6.92 Å². The number of halogens is 5. The third kappa shape index (κ3) is 4.58. The molecule has 0 bridgehead atoms. The normalized spacial score (nSPS) is 14.1. The molecule has 0 unspecified atom stereocenters. The molecule has 0 atom stereocenters. The first-order valence-electron chi connectivity index (χ1n) is 9.66. The second kappa shape index (κ2) is 8.24. The topological polar surface area (TPSA) is 77.8 Å². The highest BCUT2D eigenvalue weighted by Gasteiger charge is 2.37. The average molecular weight is 456 g/mol. The Hall–Kier alpha value is -3.44. The quantitative estimate of drug-likeness (QED) is 0.513. The van der Waals surface area contributed by atoms with E-state index in [2.05, 4.69) is 20.1 Å². The lowest BCUT2D eigenvalue weighted by molar-refractivity contribution is -0.142. The van der Waals surface area contributed by atoms with Gasteiger partial charge in [0, 0.05) is 29.4 Å². The number of benzene rings is 1. The third-order valence-electron chi connectivity index (χ3n) is 4.68. The lowest BCUT2D eigenvalue weighted by Gasteiger charge is -2.13. The van der Waals surface area contributed by atoms with Gasteiger partial charge in [0.15, 0.2) is 22.8 Å². The fourth-order valence-electron chi connectivity index (χ4n) is 3.14. The third-order valence-corrected chi connectivity index (χ3v) is 4.68. The highest BCUT2D eigenvalue weighted by molar-refractivity contribution is 6.03. The maximum Gasteiger partial charge on any atom is 0.433 e. The summed E-state index contributed by atoms with van der Waals surface area (Å²) in [6.07, 6.45) is -3.16. The standard InChI is InChI=1S/C20H17F5N4O3/c1-2-31-15-7-11(5-6-14(15)32-19(21)22)26-18(30)13-9-17-27-12(10-3-4-10)8-16(20(23,24)25)29(17)28-13/h5-10,19H,2-4H2,1H3,(H,26,30). The van der Waals surface area contributed by atoms with Crippen LogP contribution in [0.2, 0.25) is 0 Å². The van der Waals surface area contributed by atoms with Crippen molar-refractivity contribution in [2.24, 2.45) is 0 Å². The molecule has 2 aromatic heterocycles. The smallest absolute Gasteiger partial charge is 0.433 e. The van der Waals surface area contributed by atoms with E-state index in [4.69, 9.17) is 4.74 Å². The Morgan fingerprint density at radius 3 is 2.59 bits per heavy atom. The maximum atomic E-state index is 13.5. The van der Waals surface area contributed by atoms with Crippen LogP contribution in [0.4, 0.5) is 27.6 Å². The van der Waals surface area contributed by atoms with Crippen LogP contribution in [0.1, 0.15) is 47.6 Å². The molecule has 1 aliphatic rings. The first kappa shape index (κ1) is 21.8. The van der Waals surface area contributed by atoms with Crippen LogP contribution in [0.5, 0.6) is 11.5 Å². The number of anilines is 1. The molecule has 0 radical (unpaired) electrons. The number of fused-ring (bicyclic) bond motifs is 1. The second-order valence-electron chi connectivity index (χ2n) is 7.07. The molecule has 12 heteroatoms. The minimum Gasteiger partial charge on any atom is -0.490 e. The summed E-state index contributed by atoms with van der Waals surface area (Å²) in [6, 6.07) is 5.85. The highest BCUT2D eigenvalue weighted by Crippen LogP contribution is 2.41. The van der Waals surface area contributed by atoms with Crippen LogP contribution >= 0.6 is 0 Å². The molecular weight excluding hydrogens is 439 g/mol. The van der Waals surface area contributed by atoms with Gasteiger partial charge in [-0.1, -0.05) is 0 Å². The van der Waals surface area contributed by atoms with Crippen molar-refractivity contribution in [2.75, 3.05) is 11.9 Å². The Labute approximate surface area is 178 Å². The number of nitrogens with one attached hydrogen (secondary N) is 1. The van der Waals surface area contributed by atoms with Crippen molar-refractivity contribution in [3.63, 3.8) is 0 Å². The fourth-order valence-corrected chi connectivity index (χ4v) is 3.14. The van der Waals surface area contributed by atoms with Crippen molar-refractivity contribution in [2.45, 2.75) is 38.5 Å². The molecule has 32 heavy (non-hydrogen) atoms. The number of rotatable bonds is 7. The predicted octanol–water partition coefficient (Wildman–Crippen LogP) is 4.88. The van der Waals surface area contributed by atoms with Gasteiger partial charge in [0.25, 0.3) is 5.91 Å². The van der Waals surface area contributed by atoms with E-state index in [1.165, 1.54) is 18.2 Å². The number of hydrogen-bond donors (Lipinski definition) is 1. The number of alkyl halides is 5. The summed E-state index contributed by atoms with van der Waals surface area (Å²) < 4.78 is 75.8. The van der Waals surface area contributed by atoms with Crippen LogP contribution in [0, 0.1) is 0 Å². The molecule has 1 amide bonds. The maximum absolute atomic E-state index is 13.5. The summed E-state index contributed by atoms with van der Waals surface area (Å²) in [4.78, 5) is 16.8. The molecule has 1 aliphatic carbocycles. The number of carbonyl (C=O) groups excluding carboxylic acids is 1. The Balaban J connectivity index is 1.63. The molecule has 0 saturated heterocycles.